The lowest BCUT2D eigenvalue weighted by molar-refractivity contribution is -0.140. The normalized spacial score (nSPS) is 11.9. The Bertz CT molecular complexity index is 594. The highest BCUT2D eigenvalue weighted by atomic mass is 32.2. The van der Waals surface area contributed by atoms with Gasteiger partial charge in [-0.2, -0.15) is 11.3 Å². The number of aromatic nitrogens is 2. The van der Waals surface area contributed by atoms with Crippen LogP contribution in [0.3, 0.4) is 0 Å². The summed E-state index contributed by atoms with van der Waals surface area (Å²) in [6.07, 6.45) is 1.37. The molecule has 0 saturated heterocycles. The maximum atomic E-state index is 11.8. The smallest absolute Gasteiger partial charge is 0.356 e. The van der Waals surface area contributed by atoms with Crippen molar-refractivity contribution < 1.29 is 19.1 Å². The van der Waals surface area contributed by atoms with E-state index in [9.17, 15) is 9.59 Å². The fraction of sp³-hybridized carbons (Fsp3) is 0.250. The van der Waals surface area contributed by atoms with E-state index in [2.05, 4.69) is 14.7 Å². The number of rotatable bonds is 5. The zero-order valence-electron chi connectivity index (χ0n) is 10.8. The van der Waals surface area contributed by atoms with Gasteiger partial charge in [-0.05, 0) is 22.4 Å². The van der Waals surface area contributed by atoms with E-state index in [-0.39, 0.29) is 11.7 Å². The SMILES string of the molecule is COC(=O)c1cnc(S[C@@H](C(=O)OC)c2ccsc2)[nH]1. The van der Waals surface area contributed by atoms with E-state index in [0.29, 0.717) is 5.16 Å². The molecule has 0 saturated carbocycles. The minimum absolute atomic E-state index is 0.240. The molecule has 0 aromatic carbocycles. The third-order valence-corrected chi connectivity index (χ3v) is 4.28. The summed E-state index contributed by atoms with van der Waals surface area (Å²) >= 11 is 2.68. The fourth-order valence-corrected chi connectivity index (χ4v) is 3.22. The molecule has 0 unspecified atom stereocenters. The topological polar surface area (TPSA) is 81.3 Å². The van der Waals surface area contributed by atoms with Crippen molar-refractivity contribution in [3.8, 4) is 0 Å². The molecule has 20 heavy (non-hydrogen) atoms. The Hall–Kier alpha value is -1.80. The molecule has 0 bridgehead atoms. The molecule has 2 rings (SSSR count). The van der Waals surface area contributed by atoms with Gasteiger partial charge in [0, 0.05) is 0 Å². The largest absolute Gasteiger partial charge is 0.468 e. The molecular weight excluding hydrogens is 300 g/mol. The molecule has 6 nitrogen and oxygen atoms in total. The van der Waals surface area contributed by atoms with Gasteiger partial charge in [0.2, 0.25) is 0 Å². The number of imidazole rings is 1. The Morgan fingerprint density at radius 1 is 1.40 bits per heavy atom. The van der Waals surface area contributed by atoms with Gasteiger partial charge in [-0.25, -0.2) is 9.78 Å². The van der Waals surface area contributed by atoms with Crippen LogP contribution in [0, 0.1) is 0 Å². The number of carbonyl (C=O) groups is 2. The van der Waals surface area contributed by atoms with Crippen LogP contribution in [-0.4, -0.2) is 36.1 Å². The van der Waals surface area contributed by atoms with Gasteiger partial charge in [0.25, 0.3) is 0 Å². The number of nitrogens with zero attached hydrogens (tertiary/aromatic N) is 1. The molecule has 0 spiro atoms. The molecule has 0 amide bonds. The maximum absolute atomic E-state index is 11.8. The first kappa shape index (κ1) is 14.6. The van der Waals surface area contributed by atoms with E-state index in [4.69, 9.17) is 4.74 Å². The predicted molar refractivity (Wildman–Crippen MR) is 74.9 cm³/mol. The zero-order chi connectivity index (χ0) is 14.5. The Morgan fingerprint density at radius 2 is 2.20 bits per heavy atom. The summed E-state index contributed by atoms with van der Waals surface area (Å²) < 4.78 is 9.38. The van der Waals surface area contributed by atoms with Gasteiger partial charge in [-0.3, -0.25) is 4.79 Å². The van der Waals surface area contributed by atoms with Gasteiger partial charge in [-0.1, -0.05) is 11.8 Å². The molecular formula is C12H12N2O4S2. The van der Waals surface area contributed by atoms with Gasteiger partial charge in [0.15, 0.2) is 5.16 Å². The van der Waals surface area contributed by atoms with Crippen molar-refractivity contribution in [2.45, 2.75) is 10.4 Å². The van der Waals surface area contributed by atoms with E-state index in [1.165, 1.54) is 43.5 Å². The second-order valence-corrected chi connectivity index (χ2v) is 5.55. The molecule has 1 N–H and O–H groups in total. The summed E-state index contributed by atoms with van der Waals surface area (Å²) in [7, 11) is 2.63. The molecule has 8 heteroatoms. The van der Waals surface area contributed by atoms with E-state index in [1.807, 2.05) is 16.8 Å². The zero-order valence-corrected chi connectivity index (χ0v) is 12.4. The molecule has 2 aromatic rings. The first-order chi connectivity index (χ1) is 9.65. The van der Waals surface area contributed by atoms with Crippen LogP contribution in [0.4, 0.5) is 0 Å². The first-order valence-electron chi connectivity index (χ1n) is 5.55. The van der Waals surface area contributed by atoms with Crippen LogP contribution in [0.1, 0.15) is 21.3 Å². The lowest BCUT2D eigenvalue weighted by Crippen LogP contribution is -2.10. The van der Waals surface area contributed by atoms with Crippen molar-refractivity contribution in [3.63, 3.8) is 0 Å². The van der Waals surface area contributed by atoms with Crippen molar-refractivity contribution in [1.82, 2.24) is 9.97 Å². The van der Waals surface area contributed by atoms with Crippen molar-refractivity contribution in [1.29, 1.82) is 0 Å². The minimum Gasteiger partial charge on any atom is -0.468 e. The third kappa shape index (κ3) is 3.20. The number of H-pyrrole nitrogens is 1. The van der Waals surface area contributed by atoms with Crippen LogP contribution in [0.2, 0.25) is 0 Å². The standard InChI is InChI=1S/C12H12N2O4S2/c1-17-10(15)8-5-13-12(14-8)20-9(11(16)18-2)7-3-4-19-6-7/h3-6,9H,1-2H3,(H,13,14)/t9-/m1/s1. The van der Waals surface area contributed by atoms with Gasteiger partial charge in [-0.15, -0.1) is 0 Å². The number of carbonyl (C=O) groups excluding carboxylic acids is 2. The van der Waals surface area contributed by atoms with Crippen molar-refractivity contribution in [2.24, 2.45) is 0 Å². The van der Waals surface area contributed by atoms with Crippen LogP contribution in [-0.2, 0) is 14.3 Å². The van der Waals surface area contributed by atoms with Crippen LogP contribution in [0.5, 0.6) is 0 Å². The summed E-state index contributed by atoms with van der Waals surface area (Å²) in [6.45, 7) is 0. The Balaban J connectivity index is 2.18. The summed E-state index contributed by atoms with van der Waals surface area (Å²) in [6, 6.07) is 1.85. The second-order valence-electron chi connectivity index (χ2n) is 3.67. The average molecular weight is 312 g/mol. The summed E-state index contributed by atoms with van der Waals surface area (Å²) in [5, 5.41) is 3.68. The van der Waals surface area contributed by atoms with Gasteiger partial charge < -0.3 is 14.5 Å². The molecule has 0 fully saturated rings. The summed E-state index contributed by atoms with van der Waals surface area (Å²) in [5.41, 5.74) is 1.08. The van der Waals surface area contributed by atoms with Crippen molar-refractivity contribution in [3.05, 3.63) is 34.3 Å². The molecule has 0 aliphatic heterocycles. The maximum Gasteiger partial charge on any atom is 0.356 e. The number of thiophene rings is 1. The quantitative estimate of drug-likeness (QED) is 0.674. The number of esters is 2. The van der Waals surface area contributed by atoms with Crippen LogP contribution in [0.25, 0.3) is 0 Å². The number of aromatic amines is 1. The number of thioether (sulfide) groups is 1. The summed E-state index contributed by atoms with van der Waals surface area (Å²) in [4.78, 5) is 30.0. The van der Waals surface area contributed by atoms with E-state index in [0.717, 1.165) is 5.56 Å². The highest BCUT2D eigenvalue weighted by molar-refractivity contribution is 8.00. The van der Waals surface area contributed by atoms with Gasteiger partial charge in [0.1, 0.15) is 10.9 Å². The van der Waals surface area contributed by atoms with Crippen molar-refractivity contribution >= 4 is 35.0 Å². The molecule has 106 valence electrons. The number of ether oxygens (including phenoxy) is 2. The highest BCUT2D eigenvalue weighted by Crippen LogP contribution is 2.35. The Kier molecular flexibility index (Phi) is 4.80. The molecule has 0 aliphatic rings. The lowest BCUT2D eigenvalue weighted by Gasteiger charge is -2.11. The highest BCUT2D eigenvalue weighted by Gasteiger charge is 2.25. The Morgan fingerprint density at radius 3 is 2.80 bits per heavy atom. The van der Waals surface area contributed by atoms with Crippen LogP contribution in [0.15, 0.2) is 28.2 Å². The molecule has 0 aliphatic carbocycles. The second kappa shape index (κ2) is 6.58. The summed E-state index contributed by atoms with van der Waals surface area (Å²) in [5.74, 6) is -0.876. The lowest BCUT2D eigenvalue weighted by atomic mass is 10.2. The molecule has 0 radical (unpaired) electrons. The molecule has 2 heterocycles. The van der Waals surface area contributed by atoms with E-state index in [1.54, 1.807) is 0 Å². The van der Waals surface area contributed by atoms with E-state index >= 15 is 0 Å². The number of hydrogen-bond donors (Lipinski definition) is 1. The fourth-order valence-electron chi connectivity index (χ4n) is 1.47. The number of hydrogen-bond acceptors (Lipinski definition) is 7. The average Bonchev–Trinajstić information content (AvgIpc) is 3.14. The Labute approximate surface area is 123 Å². The minimum atomic E-state index is -0.525. The van der Waals surface area contributed by atoms with Gasteiger partial charge in [0.05, 0.1) is 20.4 Å². The number of methoxy groups -OCH3 is 2. The van der Waals surface area contributed by atoms with Crippen LogP contribution < -0.4 is 0 Å². The van der Waals surface area contributed by atoms with Gasteiger partial charge >= 0.3 is 11.9 Å². The monoisotopic (exact) mass is 312 g/mol. The van der Waals surface area contributed by atoms with Crippen molar-refractivity contribution in [2.75, 3.05) is 14.2 Å². The first-order valence-corrected chi connectivity index (χ1v) is 7.38. The predicted octanol–water partition coefficient (Wildman–Crippen LogP) is 2.26. The van der Waals surface area contributed by atoms with E-state index < -0.39 is 11.2 Å². The molecule has 2 aromatic heterocycles. The molecule has 1 atom stereocenters. The third-order valence-electron chi connectivity index (χ3n) is 2.45. The van der Waals surface area contributed by atoms with Crippen LogP contribution >= 0.6 is 23.1 Å². The number of nitrogens with one attached hydrogen (secondary N) is 1.